The monoisotopic (exact) mass is 558 g/mol. The molecule has 0 unspecified atom stereocenters. The van der Waals surface area contributed by atoms with Crippen molar-refractivity contribution in [1.82, 2.24) is 4.48 Å². The number of hydrogen-bond donors (Lipinski definition) is 0. The third-order valence-corrected chi connectivity index (χ3v) is 9.97. The summed E-state index contributed by atoms with van der Waals surface area (Å²) in [6.07, 6.45) is 1.84. The molecule has 0 N–H and O–H groups in total. The normalized spacial score (nSPS) is 13.4. The van der Waals surface area contributed by atoms with Crippen molar-refractivity contribution >= 4 is 89.2 Å². The van der Waals surface area contributed by atoms with Crippen molar-refractivity contribution in [2.75, 3.05) is 4.90 Å². The Labute approximate surface area is 253 Å². The minimum absolute atomic E-state index is 0.00733. The average Bonchev–Trinajstić information content (AvgIpc) is 3.68. The topological polar surface area (TPSA) is 21.3 Å². The van der Waals surface area contributed by atoms with Gasteiger partial charge in [-0.25, -0.2) is 0 Å². The zero-order valence-corrected chi connectivity index (χ0v) is 23.7. The summed E-state index contributed by atoms with van der Waals surface area (Å²) in [6.45, 7) is 0.00733. The van der Waals surface area contributed by atoms with Gasteiger partial charge >= 0.3 is 6.85 Å². The second-order valence-corrected chi connectivity index (χ2v) is 12.1. The molecule has 9 aromatic rings. The maximum Gasteiger partial charge on any atom is 0.333 e. The molecule has 0 spiro atoms. The maximum atomic E-state index is 6.21. The van der Waals surface area contributed by atoms with Gasteiger partial charge in [-0.05, 0) is 68.4 Å². The molecule has 11 rings (SSSR count). The van der Waals surface area contributed by atoms with Crippen molar-refractivity contribution in [2.45, 2.75) is 0 Å². The predicted octanol–water partition coefficient (Wildman–Crippen LogP) is 9.26. The molecule has 4 heterocycles. The Morgan fingerprint density at radius 2 is 1.30 bits per heavy atom. The summed E-state index contributed by atoms with van der Waals surface area (Å²) in [5.41, 5.74) is 12.2. The highest BCUT2D eigenvalue weighted by Gasteiger charge is 2.43. The maximum absolute atomic E-state index is 6.21. The van der Waals surface area contributed by atoms with Gasteiger partial charge in [0.15, 0.2) is 0 Å². The molecule has 0 bridgehead atoms. The lowest BCUT2D eigenvalue weighted by Crippen LogP contribution is -2.56. The van der Waals surface area contributed by atoms with Crippen molar-refractivity contribution in [1.29, 1.82) is 0 Å². The molecule has 202 valence electrons. The predicted molar refractivity (Wildman–Crippen MR) is 185 cm³/mol. The van der Waals surface area contributed by atoms with E-state index in [1.807, 2.05) is 6.26 Å². The smallest absolute Gasteiger partial charge is 0.333 e. The van der Waals surface area contributed by atoms with Crippen LogP contribution >= 0.6 is 0 Å². The van der Waals surface area contributed by atoms with Crippen molar-refractivity contribution in [3.8, 4) is 11.1 Å². The van der Waals surface area contributed by atoms with Gasteiger partial charge in [0.1, 0.15) is 5.58 Å². The van der Waals surface area contributed by atoms with E-state index in [0.717, 1.165) is 11.3 Å². The van der Waals surface area contributed by atoms with E-state index in [2.05, 4.69) is 143 Å². The number of nitrogens with zero attached hydrogens (tertiary/aromatic N) is 2. The summed E-state index contributed by atoms with van der Waals surface area (Å²) in [6, 6.07) is 49.1. The van der Waals surface area contributed by atoms with Gasteiger partial charge in [-0.2, -0.15) is 0 Å². The first-order valence-corrected chi connectivity index (χ1v) is 15.2. The van der Waals surface area contributed by atoms with E-state index < -0.39 is 0 Å². The Morgan fingerprint density at radius 3 is 2.18 bits per heavy atom. The number of aromatic nitrogens is 1. The second-order valence-electron chi connectivity index (χ2n) is 12.1. The minimum Gasteiger partial charge on any atom is -0.464 e. The van der Waals surface area contributed by atoms with Gasteiger partial charge in [-0.1, -0.05) is 97.1 Å². The zero-order chi connectivity index (χ0) is 28.5. The van der Waals surface area contributed by atoms with Crippen LogP contribution < -0.4 is 15.8 Å². The number of fused-ring (bicyclic) bond motifs is 11. The highest BCUT2D eigenvalue weighted by molar-refractivity contribution is 6.90. The highest BCUT2D eigenvalue weighted by Crippen LogP contribution is 2.48. The summed E-state index contributed by atoms with van der Waals surface area (Å²) in [4.78, 5) is 2.47. The molecule has 0 aliphatic carbocycles. The second kappa shape index (κ2) is 8.00. The number of furan rings is 1. The van der Waals surface area contributed by atoms with Crippen molar-refractivity contribution in [3.05, 3.63) is 140 Å². The van der Waals surface area contributed by atoms with Crippen LogP contribution in [0, 0.1) is 0 Å². The summed E-state index contributed by atoms with van der Waals surface area (Å²) in [5.74, 6) is 0. The molecule has 3 nitrogen and oxygen atoms in total. The molecule has 0 saturated heterocycles. The van der Waals surface area contributed by atoms with Gasteiger partial charge in [-0.3, -0.25) is 0 Å². The first-order valence-electron chi connectivity index (χ1n) is 15.2. The summed E-state index contributed by atoms with van der Waals surface area (Å²) >= 11 is 0. The van der Waals surface area contributed by atoms with Crippen molar-refractivity contribution in [3.63, 3.8) is 0 Å². The Morgan fingerprint density at radius 1 is 0.545 bits per heavy atom. The van der Waals surface area contributed by atoms with Crippen LogP contribution in [-0.4, -0.2) is 11.3 Å². The van der Waals surface area contributed by atoms with Gasteiger partial charge < -0.3 is 13.8 Å². The standard InChI is InChI=1S/C40H23BN2O/c1-2-9-25-20-28(17-16-24(25)8-1)42-35-22-27-11-4-3-10-26(27)21-33(35)41-39-36(42)23-37-31(18-19-44-37)38(39)32-14-7-13-30-29-12-5-6-15-34(29)43(41)40(30)32/h1-23H. The van der Waals surface area contributed by atoms with Gasteiger partial charge in [0, 0.05) is 55.9 Å². The van der Waals surface area contributed by atoms with E-state index in [0.29, 0.717) is 0 Å². The lowest BCUT2D eigenvalue weighted by atomic mass is 9.44. The Bertz CT molecular complexity index is 2700. The molecule has 0 saturated carbocycles. The van der Waals surface area contributed by atoms with Crippen LogP contribution in [0.2, 0.25) is 0 Å². The first kappa shape index (κ1) is 22.8. The lowest BCUT2D eigenvalue weighted by molar-refractivity contribution is 0.616. The molecule has 2 aliphatic heterocycles. The fourth-order valence-corrected chi connectivity index (χ4v) is 8.19. The molecule has 2 aromatic heterocycles. The zero-order valence-electron chi connectivity index (χ0n) is 23.7. The number of hydrogen-bond acceptors (Lipinski definition) is 2. The minimum atomic E-state index is 0.00733. The van der Waals surface area contributed by atoms with Gasteiger partial charge in [0.25, 0.3) is 0 Å². The van der Waals surface area contributed by atoms with Gasteiger partial charge in [0.05, 0.1) is 6.26 Å². The van der Waals surface area contributed by atoms with Gasteiger partial charge in [0.2, 0.25) is 0 Å². The van der Waals surface area contributed by atoms with Crippen LogP contribution in [0.3, 0.4) is 0 Å². The summed E-state index contributed by atoms with van der Waals surface area (Å²) in [7, 11) is 0. The molecule has 0 amide bonds. The first-order chi connectivity index (χ1) is 21.8. The number of benzene rings is 7. The average molecular weight is 558 g/mol. The molecule has 4 heteroatoms. The van der Waals surface area contributed by atoms with Crippen LogP contribution in [0.1, 0.15) is 0 Å². The number of para-hydroxylation sites is 2. The quantitative estimate of drug-likeness (QED) is 0.187. The fraction of sp³-hybridized carbons (Fsp3) is 0. The molecule has 7 aromatic carbocycles. The van der Waals surface area contributed by atoms with E-state index in [4.69, 9.17) is 4.42 Å². The lowest BCUT2D eigenvalue weighted by Gasteiger charge is -2.40. The van der Waals surface area contributed by atoms with E-state index in [-0.39, 0.29) is 6.85 Å². The molecule has 2 aliphatic rings. The largest absolute Gasteiger partial charge is 0.464 e. The Balaban J connectivity index is 1.36. The highest BCUT2D eigenvalue weighted by atomic mass is 16.3. The van der Waals surface area contributed by atoms with Crippen LogP contribution in [0.5, 0.6) is 0 Å². The molecule has 44 heavy (non-hydrogen) atoms. The third-order valence-electron chi connectivity index (χ3n) is 9.97. The molecular weight excluding hydrogens is 535 g/mol. The van der Waals surface area contributed by atoms with E-state index in [1.54, 1.807) is 0 Å². The molecule has 0 atom stereocenters. The summed E-state index contributed by atoms with van der Waals surface area (Å²) < 4.78 is 8.82. The van der Waals surface area contributed by atoms with Crippen LogP contribution in [0.4, 0.5) is 17.1 Å². The molecule has 0 fully saturated rings. The van der Waals surface area contributed by atoms with E-state index in [1.165, 1.54) is 82.2 Å². The van der Waals surface area contributed by atoms with Crippen molar-refractivity contribution in [2.24, 2.45) is 0 Å². The van der Waals surface area contributed by atoms with Crippen LogP contribution in [0.15, 0.2) is 144 Å². The third kappa shape index (κ3) is 2.74. The molecular formula is C40H23BN2O. The van der Waals surface area contributed by atoms with Gasteiger partial charge in [-0.15, -0.1) is 0 Å². The van der Waals surface area contributed by atoms with Crippen molar-refractivity contribution < 1.29 is 4.42 Å². The SMILES string of the molecule is c1ccc2cc(N3c4cc5ccccc5cc4B4c5c3cc3occc3c5-c3cccc5c6ccccc6n4c35)ccc2c1. The number of anilines is 3. The number of rotatable bonds is 1. The van der Waals surface area contributed by atoms with Crippen LogP contribution in [0.25, 0.3) is 65.4 Å². The van der Waals surface area contributed by atoms with E-state index in [9.17, 15) is 0 Å². The fourth-order valence-electron chi connectivity index (χ4n) is 8.19. The van der Waals surface area contributed by atoms with Crippen LogP contribution in [-0.2, 0) is 0 Å². The Hall–Kier alpha value is -5.74. The summed E-state index contributed by atoms with van der Waals surface area (Å²) in [5, 5.41) is 8.71. The molecule has 0 radical (unpaired) electrons. The van der Waals surface area contributed by atoms with E-state index >= 15 is 0 Å². The Kier molecular flexibility index (Phi) is 4.15.